The van der Waals surface area contributed by atoms with Gasteiger partial charge < -0.3 is 10.9 Å². The van der Waals surface area contributed by atoms with Crippen molar-refractivity contribution in [1.82, 2.24) is 5.48 Å². The van der Waals surface area contributed by atoms with Crippen molar-refractivity contribution in [2.75, 3.05) is 0 Å². The fraction of sp³-hybridized carbons (Fsp3) is 0. The number of nitrogens with two attached hydrogens (primary N) is 3. The molecule has 0 amide bonds. The molecule has 0 atom stereocenters. The van der Waals surface area contributed by atoms with Crippen LogP contribution in [0, 0.1) is 10.6 Å². The van der Waals surface area contributed by atoms with Crippen LogP contribution >= 0.6 is 0 Å². The largest absolute Gasteiger partial charge is 0.555 e. The summed E-state index contributed by atoms with van der Waals surface area (Å²) in [6.07, 6.45) is 0. The van der Waals surface area contributed by atoms with Crippen molar-refractivity contribution in [3.63, 3.8) is 0 Å². The molecule has 0 aliphatic heterocycles. The minimum absolute atomic E-state index is 0.552. The lowest BCUT2D eigenvalue weighted by molar-refractivity contribution is -1.10. The molecule has 0 saturated heterocycles. The van der Waals surface area contributed by atoms with Gasteiger partial charge >= 0.3 is 0 Å². The summed E-state index contributed by atoms with van der Waals surface area (Å²) in [6.45, 7) is 0. The lowest BCUT2D eigenvalue weighted by Crippen LogP contribution is -2.59. The van der Waals surface area contributed by atoms with E-state index in [0.29, 0.717) is 0 Å². The highest BCUT2D eigenvalue weighted by Gasteiger charge is 2.03. The summed E-state index contributed by atoms with van der Waals surface area (Å²) in [5.74, 6) is 8.46. The number of nitrogens with one attached hydrogen (secondary N) is 2. The van der Waals surface area contributed by atoms with Crippen LogP contribution in [0.25, 0.3) is 0 Å². The molecular formula is CH8N6O2. The average molecular weight is 136 g/mol. The van der Waals surface area contributed by atoms with E-state index in [1.807, 2.05) is 0 Å². The second kappa shape index (κ2) is 2.57. The molecule has 8 N–H and O–H groups in total. The SMILES string of the molecule is N=C(N)NO[N+](N)(N)[O-]. The first-order valence-corrected chi connectivity index (χ1v) is 1.87. The van der Waals surface area contributed by atoms with Gasteiger partial charge in [-0.3, -0.25) is 5.41 Å². The number of hydroxylamine groups is 1. The molecule has 9 heavy (non-hydrogen) atoms. The van der Waals surface area contributed by atoms with E-state index >= 15 is 0 Å². The Hall–Kier alpha value is -0.930. The molecule has 0 fully saturated rings. The van der Waals surface area contributed by atoms with Crippen molar-refractivity contribution >= 4 is 5.96 Å². The zero-order valence-electron chi connectivity index (χ0n) is 4.50. The summed E-state index contributed by atoms with van der Waals surface area (Å²) in [4.78, 5) is 3.83. The minimum Gasteiger partial charge on any atom is -0.555 e. The van der Waals surface area contributed by atoms with E-state index in [9.17, 15) is 5.21 Å². The van der Waals surface area contributed by atoms with E-state index < -0.39 is 11.0 Å². The standard InChI is InChI=1S/CH8N6O2/c2-1(3)6-9-7(4,5)8/h4-5H2,(H4,2,3,6). The van der Waals surface area contributed by atoms with Crippen molar-refractivity contribution in [2.24, 2.45) is 17.4 Å². The van der Waals surface area contributed by atoms with E-state index in [1.165, 1.54) is 0 Å². The number of nitrogens with zero attached hydrogens (tertiary/aromatic N) is 1. The summed E-state index contributed by atoms with van der Waals surface area (Å²) in [5, 5.41) is 14.5. The smallest absolute Gasteiger partial charge is 0.215 e. The van der Waals surface area contributed by atoms with E-state index in [1.54, 1.807) is 5.48 Å². The number of hydrogen-bond acceptors (Lipinski definition) is 5. The quantitative estimate of drug-likeness (QED) is 0.0922. The van der Waals surface area contributed by atoms with Gasteiger partial charge in [0.05, 0.1) is 0 Å². The number of hydrogen-bond donors (Lipinski definition) is 5. The summed E-state index contributed by atoms with van der Waals surface area (Å²) in [7, 11) is 0. The van der Waals surface area contributed by atoms with E-state index in [2.05, 4.69) is 22.4 Å². The molecular weight excluding hydrogens is 128 g/mol. The van der Waals surface area contributed by atoms with Gasteiger partial charge in [-0.25, -0.2) is 0 Å². The number of quaternary nitrogens is 1. The fourth-order valence-corrected chi connectivity index (χ4v) is 0.121. The van der Waals surface area contributed by atoms with Crippen molar-refractivity contribution < 1.29 is 9.97 Å². The number of guanidine groups is 1. The first-order valence-electron chi connectivity index (χ1n) is 1.87. The van der Waals surface area contributed by atoms with Crippen LogP contribution in [0.3, 0.4) is 0 Å². The Labute approximate surface area is 50.7 Å². The van der Waals surface area contributed by atoms with Crippen LogP contribution in [-0.2, 0) is 4.94 Å². The van der Waals surface area contributed by atoms with Gasteiger partial charge in [-0.1, -0.05) is 0 Å². The van der Waals surface area contributed by atoms with Gasteiger partial charge in [0.25, 0.3) is 0 Å². The van der Waals surface area contributed by atoms with Crippen molar-refractivity contribution in [3.8, 4) is 0 Å². The molecule has 0 saturated carbocycles. The maximum atomic E-state index is 10.1. The second-order valence-electron chi connectivity index (χ2n) is 1.25. The molecule has 0 aliphatic carbocycles. The van der Waals surface area contributed by atoms with Gasteiger partial charge in [-0.2, -0.15) is 5.48 Å². The van der Waals surface area contributed by atoms with Crippen LogP contribution in [0.2, 0.25) is 0 Å². The first kappa shape index (κ1) is 8.07. The Morgan fingerprint density at radius 3 is 2.22 bits per heavy atom. The first-order chi connectivity index (χ1) is 3.92. The van der Waals surface area contributed by atoms with E-state index in [4.69, 9.17) is 5.41 Å². The Balaban J connectivity index is 3.39. The monoisotopic (exact) mass is 136 g/mol. The zero-order chi connectivity index (χ0) is 7.49. The van der Waals surface area contributed by atoms with Gasteiger partial charge in [-0.05, 0) is 9.97 Å². The molecule has 0 heterocycles. The molecule has 8 nitrogen and oxygen atoms in total. The summed E-state index contributed by atoms with van der Waals surface area (Å²) in [5.41, 5.74) is 6.34. The molecule has 0 aromatic heterocycles. The molecule has 8 heteroatoms. The maximum Gasteiger partial charge on any atom is 0.215 e. The maximum absolute atomic E-state index is 10.1. The van der Waals surface area contributed by atoms with Gasteiger partial charge in [-0.15, -0.1) is 11.7 Å². The topological polar surface area (TPSA) is 146 Å². The third kappa shape index (κ3) is 7.07. The third-order valence-corrected chi connectivity index (χ3v) is 0.298. The predicted molar refractivity (Wildman–Crippen MR) is 28.1 cm³/mol. The number of rotatable bonds is 2. The fourth-order valence-electron chi connectivity index (χ4n) is 0.121. The van der Waals surface area contributed by atoms with Crippen LogP contribution in [0.4, 0.5) is 0 Å². The van der Waals surface area contributed by atoms with Gasteiger partial charge in [0.1, 0.15) is 0 Å². The highest BCUT2D eigenvalue weighted by molar-refractivity contribution is 5.72. The van der Waals surface area contributed by atoms with E-state index in [0.717, 1.165) is 0 Å². The summed E-state index contributed by atoms with van der Waals surface area (Å²) in [6, 6.07) is 0. The molecule has 0 aliphatic rings. The zero-order valence-corrected chi connectivity index (χ0v) is 4.50. The van der Waals surface area contributed by atoms with Crippen LogP contribution in [0.1, 0.15) is 0 Å². The third-order valence-electron chi connectivity index (χ3n) is 0.298. The van der Waals surface area contributed by atoms with Crippen molar-refractivity contribution in [2.45, 2.75) is 0 Å². The molecule has 54 valence electrons. The lowest BCUT2D eigenvalue weighted by Gasteiger charge is -2.24. The van der Waals surface area contributed by atoms with Crippen LogP contribution in [0.15, 0.2) is 0 Å². The summed E-state index contributed by atoms with van der Waals surface area (Å²) < 4.78 is 0. The lowest BCUT2D eigenvalue weighted by atomic mass is 11.1. The molecule has 0 spiro atoms. The highest BCUT2D eigenvalue weighted by atomic mass is 17.1. The molecule has 0 aromatic rings. The minimum atomic E-state index is -1.99. The molecule has 0 unspecified atom stereocenters. The molecule has 0 rings (SSSR count). The Kier molecular flexibility index (Phi) is 2.30. The van der Waals surface area contributed by atoms with Gasteiger partial charge in [0, 0.05) is 0 Å². The Morgan fingerprint density at radius 1 is 1.67 bits per heavy atom. The highest BCUT2D eigenvalue weighted by Crippen LogP contribution is 1.76. The van der Waals surface area contributed by atoms with Crippen LogP contribution in [-0.4, -0.2) is 11.0 Å². The van der Waals surface area contributed by atoms with Crippen molar-refractivity contribution in [1.29, 1.82) is 5.41 Å². The average Bonchev–Trinajstić information content (AvgIpc) is 1.59. The molecule has 0 radical (unpaired) electrons. The Bertz CT molecular complexity index is 104. The normalized spacial score (nSPS) is 11.0. The summed E-state index contributed by atoms with van der Waals surface area (Å²) >= 11 is 0. The van der Waals surface area contributed by atoms with Crippen molar-refractivity contribution in [3.05, 3.63) is 5.21 Å². The molecule has 0 bridgehead atoms. The van der Waals surface area contributed by atoms with E-state index in [-0.39, 0.29) is 0 Å². The van der Waals surface area contributed by atoms with Gasteiger partial charge in [0.15, 0.2) is 0 Å². The van der Waals surface area contributed by atoms with Crippen LogP contribution in [0.5, 0.6) is 0 Å². The predicted octanol–water partition coefficient (Wildman–Crippen LogP) is -2.62. The Morgan fingerprint density at radius 2 is 2.11 bits per heavy atom. The molecule has 0 aromatic carbocycles. The van der Waals surface area contributed by atoms with Gasteiger partial charge in [0.2, 0.25) is 5.96 Å². The van der Waals surface area contributed by atoms with Crippen LogP contribution < -0.4 is 22.9 Å². The second-order valence-corrected chi connectivity index (χ2v) is 1.25.